The highest BCUT2D eigenvalue weighted by Gasteiger charge is 2.17. The van der Waals surface area contributed by atoms with Gasteiger partial charge >= 0.3 is 0 Å². The van der Waals surface area contributed by atoms with Crippen molar-refractivity contribution >= 4 is 5.96 Å². The molecule has 0 spiro atoms. The second-order valence-corrected chi connectivity index (χ2v) is 6.93. The number of ether oxygens (including phenoxy) is 2. The standard InChI is InChI=1S/C19H30FN3O2/c1-13(2)5-6-14(3)23-19(21-4)22-8-7-15-9-17(20)10-16-11-24-12-25-18(15)16/h9-10,13-14H,5-8,11-12H2,1-4H3,(H2,21,22,23). The number of nitrogens with one attached hydrogen (secondary N) is 2. The highest BCUT2D eigenvalue weighted by molar-refractivity contribution is 5.79. The van der Waals surface area contributed by atoms with Crippen molar-refractivity contribution < 1.29 is 13.9 Å². The van der Waals surface area contributed by atoms with Crippen LogP contribution >= 0.6 is 0 Å². The van der Waals surface area contributed by atoms with Gasteiger partial charge in [0.15, 0.2) is 12.8 Å². The maximum Gasteiger partial charge on any atom is 0.191 e. The minimum absolute atomic E-state index is 0.218. The molecule has 0 saturated carbocycles. The van der Waals surface area contributed by atoms with E-state index in [1.54, 1.807) is 7.05 Å². The monoisotopic (exact) mass is 351 g/mol. The molecule has 2 rings (SSSR count). The van der Waals surface area contributed by atoms with Crippen molar-refractivity contribution in [2.24, 2.45) is 10.9 Å². The van der Waals surface area contributed by atoms with Gasteiger partial charge in [0, 0.05) is 25.2 Å². The molecular formula is C19H30FN3O2. The summed E-state index contributed by atoms with van der Waals surface area (Å²) in [6.45, 7) is 7.88. The number of benzene rings is 1. The van der Waals surface area contributed by atoms with E-state index in [1.165, 1.54) is 18.6 Å². The minimum Gasteiger partial charge on any atom is -0.467 e. The summed E-state index contributed by atoms with van der Waals surface area (Å²) in [4.78, 5) is 4.26. The Morgan fingerprint density at radius 2 is 2.08 bits per heavy atom. The second-order valence-electron chi connectivity index (χ2n) is 6.93. The second kappa shape index (κ2) is 9.61. The molecule has 1 aromatic rings. The van der Waals surface area contributed by atoms with Crippen molar-refractivity contribution in [3.05, 3.63) is 29.1 Å². The summed E-state index contributed by atoms with van der Waals surface area (Å²) in [7, 11) is 1.76. The number of rotatable bonds is 7. The Bertz CT molecular complexity index is 590. The normalized spacial score (nSPS) is 15.5. The van der Waals surface area contributed by atoms with E-state index in [4.69, 9.17) is 9.47 Å². The molecule has 2 N–H and O–H groups in total. The molecule has 140 valence electrons. The van der Waals surface area contributed by atoms with E-state index in [0.29, 0.717) is 31.5 Å². The third-order valence-corrected chi connectivity index (χ3v) is 4.22. The number of guanidine groups is 1. The highest BCUT2D eigenvalue weighted by Crippen LogP contribution is 2.29. The smallest absolute Gasteiger partial charge is 0.191 e. The predicted molar refractivity (Wildman–Crippen MR) is 98.4 cm³/mol. The fourth-order valence-electron chi connectivity index (χ4n) is 2.84. The molecule has 0 saturated heterocycles. The van der Waals surface area contributed by atoms with Crippen molar-refractivity contribution in [3.8, 4) is 5.75 Å². The molecule has 0 aliphatic carbocycles. The third kappa shape index (κ3) is 6.20. The third-order valence-electron chi connectivity index (χ3n) is 4.22. The average molecular weight is 351 g/mol. The summed E-state index contributed by atoms with van der Waals surface area (Å²) in [6, 6.07) is 3.37. The molecule has 5 nitrogen and oxygen atoms in total. The van der Waals surface area contributed by atoms with Gasteiger partial charge < -0.3 is 20.1 Å². The zero-order valence-corrected chi connectivity index (χ0v) is 15.7. The lowest BCUT2D eigenvalue weighted by Crippen LogP contribution is -2.43. The van der Waals surface area contributed by atoms with Gasteiger partial charge in [0.05, 0.1) is 6.61 Å². The highest BCUT2D eigenvalue weighted by atomic mass is 19.1. The van der Waals surface area contributed by atoms with Gasteiger partial charge in [-0.1, -0.05) is 13.8 Å². The Labute approximate surface area is 150 Å². The molecule has 0 amide bonds. The maximum absolute atomic E-state index is 13.8. The zero-order valence-electron chi connectivity index (χ0n) is 15.7. The quantitative estimate of drug-likeness (QED) is 0.585. The van der Waals surface area contributed by atoms with E-state index in [1.807, 2.05) is 0 Å². The fraction of sp³-hybridized carbons (Fsp3) is 0.632. The molecule has 1 atom stereocenters. The Morgan fingerprint density at radius 3 is 2.80 bits per heavy atom. The Morgan fingerprint density at radius 1 is 1.28 bits per heavy atom. The van der Waals surface area contributed by atoms with Crippen LogP contribution in [0.15, 0.2) is 17.1 Å². The van der Waals surface area contributed by atoms with Crippen LogP contribution in [0.3, 0.4) is 0 Å². The number of hydrogen-bond donors (Lipinski definition) is 2. The van der Waals surface area contributed by atoms with Gasteiger partial charge in [-0.05, 0) is 49.8 Å². The summed E-state index contributed by atoms with van der Waals surface area (Å²) in [5.74, 6) is 1.96. The lowest BCUT2D eigenvalue weighted by Gasteiger charge is -2.22. The molecule has 6 heteroatoms. The molecule has 1 aliphatic rings. The van der Waals surface area contributed by atoms with E-state index in [0.717, 1.165) is 29.3 Å². The van der Waals surface area contributed by atoms with Crippen LogP contribution in [-0.2, 0) is 17.8 Å². The lowest BCUT2D eigenvalue weighted by molar-refractivity contribution is -0.0172. The molecule has 1 aliphatic heterocycles. The van der Waals surface area contributed by atoms with Gasteiger partial charge in [0.2, 0.25) is 0 Å². The largest absolute Gasteiger partial charge is 0.467 e. The Balaban J connectivity index is 1.86. The van der Waals surface area contributed by atoms with Crippen LogP contribution in [0.2, 0.25) is 0 Å². The van der Waals surface area contributed by atoms with Gasteiger partial charge in [-0.15, -0.1) is 0 Å². The number of fused-ring (bicyclic) bond motifs is 1. The number of halogens is 1. The molecular weight excluding hydrogens is 321 g/mol. The van der Waals surface area contributed by atoms with Crippen LogP contribution in [0.4, 0.5) is 4.39 Å². The molecule has 0 bridgehead atoms. The van der Waals surface area contributed by atoms with E-state index in [9.17, 15) is 4.39 Å². The van der Waals surface area contributed by atoms with Crippen molar-refractivity contribution in [2.75, 3.05) is 20.4 Å². The first-order chi connectivity index (χ1) is 12.0. The van der Waals surface area contributed by atoms with E-state index in [2.05, 4.69) is 36.4 Å². The molecule has 0 aromatic heterocycles. The first-order valence-corrected chi connectivity index (χ1v) is 8.98. The number of hydrogen-bond acceptors (Lipinski definition) is 3. The van der Waals surface area contributed by atoms with Crippen LogP contribution in [0.25, 0.3) is 0 Å². The van der Waals surface area contributed by atoms with Crippen molar-refractivity contribution in [1.29, 1.82) is 0 Å². The van der Waals surface area contributed by atoms with Crippen LogP contribution in [0.1, 0.15) is 44.7 Å². The summed E-state index contributed by atoms with van der Waals surface area (Å²) >= 11 is 0. The lowest BCUT2D eigenvalue weighted by atomic mass is 10.0. The van der Waals surface area contributed by atoms with Crippen molar-refractivity contribution in [3.63, 3.8) is 0 Å². The van der Waals surface area contributed by atoms with Crippen LogP contribution in [0.5, 0.6) is 5.75 Å². The first-order valence-electron chi connectivity index (χ1n) is 8.98. The van der Waals surface area contributed by atoms with Crippen LogP contribution in [0, 0.1) is 11.7 Å². The average Bonchev–Trinajstić information content (AvgIpc) is 2.58. The summed E-state index contributed by atoms with van der Waals surface area (Å²) in [5, 5.41) is 6.69. The number of nitrogens with zero attached hydrogens (tertiary/aromatic N) is 1. The summed E-state index contributed by atoms with van der Waals surface area (Å²) in [5.41, 5.74) is 1.63. The van der Waals surface area contributed by atoms with Gasteiger partial charge in [0.25, 0.3) is 0 Å². The molecule has 25 heavy (non-hydrogen) atoms. The van der Waals surface area contributed by atoms with Crippen LogP contribution < -0.4 is 15.4 Å². The summed E-state index contributed by atoms with van der Waals surface area (Å²) < 4.78 is 24.5. The van der Waals surface area contributed by atoms with E-state index < -0.39 is 0 Å². The molecule has 1 unspecified atom stereocenters. The van der Waals surface area contributed by atoms with Gasteiger partial charge in [-0.3, -0.25) is 4.99 Å². The van der Waals surface area contributed by atoms with Crippen molar-refractivity contribution in [2.45, 2.75) is 52.7 Å². The maximum atomic E-state index is 13.8. The molecule has 0 radical (unpaired) electrons. The zero-order chi connectivity index (χ0) is 18.2. The Kier molecular flexibility index (Phi) is 7.50. The van der Waals surface area contributed by atoms with Crippen LogP contribution in [-0.4, -0.2) is 32.4 Å². The summed E-state index contributed by atoms with van der Waals surface area (Å²) in [6.07, 6.45) is 2.94. The van der Waals surface area contributed by atoms with Gasteiger partial charge in [0.1, 0.15) is 11.6 Å². The SMILES string of the molecule is CN=C(NCCc1cc(F)cc2c1OCOC2)NC(C)CCC(C)C. The molecule has 1 aromatic carbocycles. The first kappa shape index (κ1) is 19.5. The predicted octanol–water partition coefficient (Wildman–Crippen LogP) is 3.22. The van der Waals surface area contributed by atoms with Crippen molar-refractivity contribution in [1.82, 2.24) is 10.6 Å². The van der Waals surface area contributed by atoms with E-state index in [-0.39, 0.29) is 12.6 Å². The van der Waals surface area contributed by atoms with Gasteiger partial charge in [-0.2, -0.15) is 0 Å². The topological polar surface area (TPSA) is 54.9 Å². The fourth-order valence-corrected chi connectivity index (χ4v) is 2.84. The molecule has 1 heterocycles. The number of aliphatic imine (C=N–C) groups is 1. The van der Waals surface area contributed by atoms with Gasteiger partial charge in [-0.25, -0.2) is 4.39 Å². The minimum atomic E-state index is -0.257. The molecule has 0 fully saturated rings. The van der Waals surface area contributed by atoms with E-state index >= 15 is 0 Å². The Hall–Kier alpha value is -1.82.